The van der Waals surface area contributed by atoms with Gasteiger partial charge in [0.25, 0.3) is 0 Å². The minimum Gasteiger partial charge on any atom is -0.574 e. The summed E-state index contributed by atoms with van der Waals surface area (Å²) in [6, 6.07) is 95.3. The van der Waals surface area contributed by atoms with Crippen LogP contribution in [0.15, 0.2) is 340 Å². The van der Waals surface area contributed by atoms with Crippen LogP contribution in [0.3, 0.4) is 0 Å². The predicted octanol–water partition coefficient (Wildman–Crippen LogP) is 22.6. The average Bonchev–Trinajstić information content (AvgIpc) is 1.69. The molecular formula is C94H75FIr5N9O2S-4. The summed E-state index contributed by atoms with van der Waals surface area (Å²) < 4.78 is 53.7. The van der Waals surface area contributed by atoms with E-state index < -0.39 is 6.04 Å². The van der Waals surface area contributed by atoms with Gasteiger partial charge in [0, 0.05) is 152 Å². The molecule has 1 aliphatic heterocycles. The summed E-state index contributed by atoms with van der Waals surface area (Å²) in [5, 5.41) is 19.2. The Balaban J connectivity index is 0.000000217. The van der Waals surface area contributed by atoms with Crippen LogP contribution in [0.1, 0.15) is 37.4 Å². The summed E-state index contributed by atoms with van der Waals surface area (Å²) in [6.07, 6.45) is 15.5. The molecule has 1 aliphatic rings. The summed E-state index contributed by atoms with van der Waals surface area (Å²) >= 11 is 1.73. The second kappa shape index (κ2) is 47.3. The molecule has 0 unspecified atom stereocenters. The Labute approximate surface area is 734 Å². The number of aryl methyl sites for hydroxylation is 3. The van der Waals surface area contributed by atoms with Gasteiger partial charge in [-0.2, -0.15) is 12.7 Å². The first kappa shape index (κ1) is 82.8. The molecule has 18 heteroatoms. The summed E-state index contributed by atoms with van der Waals surface area (Å²) in [6.45, 7) is 10.8. The molecule has 4 radical (unpaired) electrons. The summed E-state index contributed by atoms with van der Waals surface area (Å²) in [4.78, 5) is 36.8. The Morgan fingerprint density at radius 1 is 0.536 bits per heavy atom. The molecule has 0 atom stereocenters. The molecule has 7 aromatic heterocycles. The van der Waals surface area contributed by atoms with Crippen molar-refractivity contribution in [2.24, 2.45) is 0 Å². The van der Waals surface area contributed by atoms with Crippen LogP contribution in [-0.2, 0) is 105 Å². The quantitative estimate of drug-likeness (QED) is 0.0796. The third-order valence-corrected chi connectivity index (χ3v) is 17.2. The molecule has 0 aliphatic carbocycles. The number of fused-ring (bicyclic) bond motifs is 2. The first-order chi connectivity index (χ1) is 54.4. The molecule has 8 heterocycles. The maximum atomic E-state index is 12.6. The van der Waals surface area contributed by atoms with Gasteiger partial charge in [-0.3, -0.25) is 14.2 Å². The van der Waals surface area contributed by atoms with Crippen LogP contribution in [0, 0.1) is 63.6 Å². The first-order valence-electron chi connectivity index (χ1n) is 36.6. The number of pyridine rings is 5. The third-order valence-electron chi connectivity index (χ3n) is 16.1. The number of hydrogen-bond acceptors (Lipinski definition) is 11. The number of rotatable bonds is 10. The molecule has 0 spiro atoms. The molecule has 16 aromatic rings. The summed E-state index contributed by atoms with van der Waals surface area (Å²) in [5.74, 6) is -0.326. The molecular weight excluding hydrogens is 2300 g/mol. The number of carbonyl (C=O) groups is 1. The number of aromatic nitrogens is 7. The van der Waals surface area contributed by atoms with Crippen molar-refractivity contribution < 1.29 is 122 Å². The molecule has 0 saturated heterocycles. The maximum Gasteiger partial charge on any atom is 3.00 e. The Kier molecular flexibility index (Phi) is 35.0. The maximum absolute atomic E-state index is 12.6. The van der Waals surface area contributed by atoms with Crippen molar-refractivity contribution >= 4 is 43.7 Å². The van der Waals surface area contributed by atoms with E-state index in [4.69, 9.17) is 12.0 Å². The normalized spacial score (nSPS) is 11.3. The molecule has 11 nitrogen and oxygen atoms in total. The molecule has 17 rings (SSSR count). The van der Waals surface area contributed by atoms with E-state index in [0.29, 0.717) is 5.56 Å². The van der Waals surface area contributed by atoms with Gasteiger partial charge in [0.05, 0.1) is 12.6 Å². The van der Waals surface area contributed by atoms with E-state index in [1.54, 1.807) is 36.0 Å². The van der Waals surface area contributed by atoms with E-state index in [2.05, 4.69) is 152 Å². The zero-order valence-corrected chi connectivity index (χ0v) is 74.1. The van der Waals surface area contributed by atoms with Gasteiger partial charge in [-0.1, -0.05) is 205 Å². The number of thiophene rings is 1. The second-order valence-electron chi connectivity index (χ2n) is 24.0. The van der Waals surface area contributed by atoms with Gasteiger partial charge in [0.15, 0.2) is 5.78 Å². The standard InChI is InChI=1S/C22H16N.2C18H14N.C13H8NS.C10H9FN2.C8H6N3.C5H8O2.5Ir/c1-16-14-22(23-15-21(16)18-8-3-2-4-9-18)20-13-7-11-17-10-5-6-12-19(17)20;1-14-12-18(16-10-6-3-7-11-16)19-13-17(14)15-8-4-2-5-9-15;1-14-13-16(18-9-5-6-12-19-18)10-11-17(14)15-7-3-2-4-8-15;1-2-7-12-10(5-1)9-13(15-12)11-6-3-4-8-14-11;1-12-6-7-13(8-12)10-4-2-9(11)3-5-10;1-2-5-9-7(3-1)8-4-6-10-11-8;1-4(6)3-5(2)7;;;;;/h2-12,14-15H,1H3;2-10,12-13H,1H3;2-9,11-13H,1H3;1-8H;2-4,6-8H,1H3;1-6H;3,6H,1-2H3;;;;;/q4*-1;-2;-1;;;;;;+3/i2D,3D,4D,8D,9D;;;;;;;;;;;. The van der Waals surface area contributed by atoms with E-state index in [-0.39, 0.29) is 148 Å². The van der Waals surface area contributed by atoms with Crippen molar-refractivity contribution in [1.29, 1.82) is 0 Å². The van der Waals surface area contributed by atoms with Crippen LogP contribution in [0.4, 0.5) is 10.1 Å². The zero-order chi connectivity index (χ0) is 78.9. The van der Waals surface area contributed by atoms with Crippen LogP contribution < -0.4 is 10.00 Å². The van der Waals surface area contributed by atoms with Crippen LogP contribution in [-0.4, -0.2) is 52.9 Å². The predicted molar refractivity (Wildman–Crippen MR) is 434 cm³/mol. The number of halogens is 1. The van der Waals surface area contributed by atoms with Gasteiger partial charge in [-0.05, 0) is 120 Å². The van der Waals surface area contributed by atoms with Gasteiger partial charge in [-0.15, -0.1) is 142 Å². The van der Waals surface area contributed by atoms with Crippen LogP contribution in [0.25, 0.3) is 110 Å². The number of aliphatic hydroxyl groups is 1. The molecule has 0 amide bonds. The topological polar surface area (TPSA) is 135 Å². The van der Waals surface area contributed by atoms with Gasteiger partial charge in [0.1, 0.15) is 0 Å². The van der Waals surface area contributed by atoms with Crippen molar-refractivity contribution in [3.05, 3.63) is 400 Å². The van der Waals surface area contributed by atoms with Gasteiger partial charge < -0.3 is 45.0 Å². The minimum absolute atomic E-state index is 0. The fourth-order valence-corrected chi connectivity index (χ4v) is 11.9. The van der Waals surface area contributed by atoms with E-state index in [1.807, 2.05) is 219 Å². The number of hydrogen-bond donors (Lipinski definition) is 1. The largest absolute Gasteiger partial charge is 3.00 e. The Morgan fingerprint density at radius 2 is 1.12 bits per heavy atom. The van der Waals surface area contributed by atoms with Crippen molar-refractivity contribution in [2.45, 2.75) is 34.6 Å². The molecule has 0 saturated carbocycles. The van der Waals surface area contributed by atoms with Gasteiger partial charge >= 0.3 is 20.1 Å². The second-order valence-corrected chi connectivity index (χ2v) is 25.1. The van der Waals surface area contributed by atoms with E-state index >= 15 is 0 Å². The van der Waals surface area contributed by atoms with Crippen LogP contribution in [0.2, 0.25) is 0 Å². The fourth-order valence-electron chi connectivity index (χ4n) is 10.9. The summed E-state index contributed by atoms with van der Waals surface area (Å²) in [5.41, 5.74) is 17.9. The van der Waals surface area contributed by atoms with E-state index in [9.17, 15) is 9.18 Å². The number of aliphatic hydroxyl groups excluding tert-OH is 1. The average molecular weight is 2380 g/mol. The molecule has 0 bridgehead atoms. The molecule has 9 aromatic carbocycles. The number of benzene rings is 9. The summed E-state index contributed by atoms with van der Waals surface area (Å²) in [7, 11) is 1.93. The first-order valence-corrected chi connectivity index (χ1v) is 34.9. The third kappa shape index (κ3) is 26.8. The Hall–Kier alpha value is -10.1. The zero-order valence-electron chi connectivity index (χ0n) is 66.3. The van der Waals surface area contributed by atoms with Crippen molar-refractivity contribution in [2.75, 3.05) is 11.9 Å². The van der Waals surface area contributed by atoms with Crippen LogP contribution >= 0.6 is 11.3 Å². The van der Waals surface area contributed by atoms with Gasteiger partial charge in [0.2, 0.25) is 0 Å². The SMILES string of the molecule is CC(=O)C=C(C)O.CN1C=CN(c2[c-]cc(F)cc2)[CH-]1.Cc1cc(-c2[c-]cccc2)ncc1-c1ccccc1.Cc1cc(-c2ccccn2)[c-]cc1-c1ccccc1.[2H]c1c([2H])c([2H])c(-c2cnc(-c3[c-]ccc4ccccc34)cc2C)c([2H])c1[2H].[Ir+3].[Ir].[Ir].[Ir].[Ir].[c-]1c(-c2ccccn2)sc2ccccc12.c1ccc(-c2ccn[n-]2)nc1. The molecule has 112 heavy (non-hydrogen) atoms. The molecule has 570 valence electrons. The van der Waals surface area contributed by atoms with Gasteiger partial charge in [-0.25, -0.2) is 11.3 Å². The van der Waals surface area contributed by atoms with E-state index in [0.717, 1.165) is 77.8 Å². The van der Waals surface area contributed by atoms with Crippen molar-refractivity contribution in [3.8, 4) is 89.1 Å². The monoisotopic (exact) mass is 2380 g/mol. The number of allylic oxidation sites excluding steroid dienone is 2. The number of ketones is 1. The Bertz CT molecular complexity index is 5650. The number of carbonyl (C=O) groups excluding carboxylic acids is 1. The van der Waals surface area contributed by atoms with Crippen LogP contribution in [0.5, 0.6) is 0 Å². The van der Waals surface area contributed by atoms with Crippen molar-refractivity contribution in [3.63, 3.8) is 0 Å². The molecule has 0 fully saturated rings. The number of nitrogens with zero attached hydrogens (tertiary/aromatic N) is 9. The molecule has 1 N–H and O–H groups in total. The fraction of sp³-hybridized carbons (Fsp3) is 0.0638. The number of anilines is 1. The van der Waals surface area contributed by atoms with E-state index in [1.165, 1.54) is 75.5 Å². The van der Waals surface area contributed by atoms with Crippen molar-refractivity contribution in [1.82, 2.24) is 40.0 Å². The Morgan fingerprint density at radius 3 is 1.69 bits per heavy atom. The minimum atomic E-state index is -0.397. The smallest absolute Gasteiger partial charge is 0.574 e.